The molecule has 27 heavy (non-hydrogen) atoms. The normalized spacial score (nSPS) is 18.8. The van der Waals surface area contributed by atoms with Gasteiger partial charge in [0.1, 0.15) is 11.6 Å². The van der Waals surface area contributed by atoms with Crippen LogP contribution in [0.2, 0.25) is 0 Å². The van der Waals surface area contributed by atoms with E-state index in [0.29, 0.717) is 37.7 Å². The summed E-state index contributed by atoms with van der Waals surface area (Å²) in [5.41, 5.74) is 1.60. The van der Waals surface area contributed by atoms with Crippen molar-refractivity contribution >= 4 is 11.8 Å². The Morgan fingerprint density at radius 3 is 2.63 bits per heavy atom. The third kappa shape index (κ3) is 4.20. The first-order valence-electron chi connectivity index (χ1n) is 9.49. The predicted molar refractivity (Wildman–Crippen MR) is 101 cm³/mol. The Morgan fingerprint density at radius 2 is 1.89 bits per heavy atom. The Hall–Kier alpha value is -2.25. The summed E-state index contributed by atoms with van der Waals surface area (Å²) < 4.78 is 25.3. The fraction of sp³-hybridized carbons (Fsp3) is 0.500. The molecule has 0 atom stereocenters. The second-order valence-corrected chi connectivity index (χ2v) is 7.05. The highest BCUT2D eigenvalue weighted by atomic mass is 19.1. The van der Waals surface area contributed by atoms with Crippen LogP contribution in [0.15, 0.2) is 30.3 Å². The van der Waals surface area contributed by atoms with Crippen molar-refractivity contribution in [1.82, 2.24) is 9.97 Å². The smallest absolute Gasteiger partial charge is 0.224 e. The first-order valence-corrected chi connectivity index (χ1v) is 9.49. The van der Waals surface area contributed by atoms with Crippen LogP contribution in [-0.4, -0.2) is 48.6 Å². The molecule has 0 bridgehead atoms. The SMILES string of the molecule is Cc1cc(N2CCC3(CC2)OCCO3)nc(NCCc2ccccc2F)n1. The van der Waals surface area contributed by atoms with Crippen molar-refractivity contribution in [3.05, 3.63) is 47.4 Å². The third-order valence-electron chi connectivity index (χ3n) is 5.14. The quantitative estimate of drug-likeness (QED) is 0.871. The van der Waals surface area contributed by atoms with Crippen molar-refractivity contribution in [2.75, 3.05) is 43.1 Å². The number of anilines is 2. The highest BCUT2D eigenvalue weighted by Gasteiger charge is 2.40. The molecule has 0 radical (unpaired) electrons. The van der Waals surface area contributed by atoms with E-state index >= 15 is 0 Å². The van der Waals surface area contributed by atoms with Crippen LogP contribution in [0.3, 0.4) is 0 Å². The van der Waals surface area contributed by atoms with Gasteiger partial charge in [0.2, 0.25) is 5.95 Å². The second kappa shape index (κ2) is 7.78. The van der Waals surface area contributed by atoms with Gasteiger partial charge in [-0.25, -0.2) is 9.37 Å². The number of benzene rings is 1. The molecule has 7 heteroatoms. The average molecular weight is 372 g/mol. The molecular weight excluding hydrogens is 347 g/mol. The fourth-order valence-corrected chi connectivity index (χ4v) is 3.67. The molecule has 0 amide bonds. The van der Waals surface area contributed by atoms with Gasteiger partial charge in [0.05, 0.1) is 13.2 Å². The first kappa shape index (κ1) is 18.1. The molecule has 2 saturated heterocycles. The number of hydrogen-bond acceptors (Lipinski definition) is 6. The minimum Gasteiger partial charge on any atom is -0.356 e. The van der Waals surface area contributed by atoms with Gasteiger partial charge in [-0.15, -0.1) is 0 Å². The molecule has 0 unspecified atom stereocenters. The molecule has 1 aromatic carbocycles. The highest BCUT2D eigenvalue weighted by molar-refractivity contribution is 5.45. The zero-order valence-corrected chi connectivity index (χ0v) is 15.6. The van der Waals surface area contributed by atoms with Crippen molar-refractivity contribution in [3.63, 3.8) is 0 Å². The van der Waals surface area contributed by atoms with Crippen LogP contribution in [-0.2, 0) is 15.9 Å². The van der Waals surface area contributed by atoms with Gasteiger partial charge in [-0.1, -0.05) is 18.2 Å². The van der Waals surface area contributed by atoms with Crippen molar-refractivity contribution in [1.29, 1.82) is 0 Å². The number of piperidine rings is 1. The number of halogens is 1. The van der Waals surface area contributed by atoms with E-state index in [4.69, 9.17) is 9.47 Å². The minimum atomic E-state index is -0.389. The monoisotopic (exact) mass is 372 g/mol. The summed E-state index contributed by atoms with van der Waals surface area (Å²) in [4.78, 5) is 11.4. The third-order valence-corrected chi connectivity index (χ3v) is 5.14. The number of ether oxygens (including phenoxy) is 2. The van der Waals surface area contributed by atoms with Gasteiger partial charge in [-0.05, 0) is 25.0 Å². The number of hydrogen-bond donors (Lipinski definition) is 1. The number of aromatic nitrogens is 2. The Balaban J connectivity index is 1.37. The van der Waals surface area contributed by atoms with Gasteiger partial charge in [-0.2, -0.15) is 4.98 Å². The number of nitrogens with zero attached hydrogens (tertiary/aromatic N) is 3. The van der Waals surface area contributed by atoms with E-state index in [0.717, 1.165) is 37.4 Å². The zero-order chi connectivity index (χ0) is 18.7. The summed E-state index contributed by atoms with van der Waals surface area (Å²) in [5.74, 6) is 0.918. The maximum absolute atomic E-state index is 13.7. The summed E-state index contributed by atoms with van der Waals surface area (Å²) in [6.07, 6.45) is 2.26. The van der Waals surface area contributed by atoms with Crippen LogP contribution >= 0.6 is 0 Å². The van der Waals surface area contributed by atoms with Crippen molar-refractivity contribution in [2.24, 2.45) is 0 Å². The molecule has 0 aliphatic carbocycles. The van der Waals surface area contributed by atoms with Crippen molar-refractivity contribution in [2.45, 2.75) is 32.0 Å². The maximum atomic E-state index is 13.7. The zero-order valence-electron chi connectivity index (χ0n) is 15.6. The molecule has 1 N–H and O–H groups in total. The Kier molecular flexibility index (Phi) is 5.22. The van der Waals surface area contributed by atoms with Gasteiger partial charge in [0.15, 0.2) is 5.79 Å². The van der Waals surface area contributed by atoms with E-state index in [2.05, 4.69) is 20.2 Å². The Morgan fingerprint density at radius 1 is 1.15 bits per heavy atom. The molecular formula is C20H25FN4O2. The van der Waals surface area contributed by atoms with Gasteiger partial charge in [0, 0.05) is 44.2 Å². The molecule has 144 valence electrons. The van der Waals surface area contributed by atoms with Crippen LogP contribution in [0, 0.1) is 12.7 Å². The van der Waals surface area contributed by atoms with E-state index in [-0.39, 0.29) is 11.6 Å². The lowest BCUT2D eigenvalue weighted by molar-refractivity contribution is -0.169. The van der Waals surface area contributed by atoms with Crippen molar-refractivity contribution < 1.29 is 13.9 Å². The molecule has 0 saturated carbocycles. The van der Waals surface area contributed by atoms with Crippen LogP contribution < -0.4 is 10.2 Å². The van der Waals surface area contributed by atoms with E-state index < -0.39 is 0 Å². The van der Waals surface area contributed by atoms with Crippen LogP contribution in [0.25, 0.3) is 0 Å². The average Bonchev–Trinajstić information content (AvgIpc) is 3.11. The largest absolute Gasteiger partial charge is 0.356 e. The highest BCUT2D eigenvalue weighted by Crippen LogP contribution is 2.33. The van der Waals surface area contributed by atoms with Gasteiger partial charge in [0.25, 0.3) is 0 Å². The summed E-state index contributed by atoms with van der Waals surface area (Å²) in [7, 11) is 0. The molecule has 1 spiro atoms. The van der Waals surface area contributed by atoms with E-state index in [1.165, 1.54) is 6.07 Å². The molecule has 2 aliphatic rings. The number of nitrogens with one attached hydrogen (secondary N) is 1. The van der Waals surface area contributed by atoms with Crippen LogP contribution in [0.4, 0.5) is 16.2 Å². The van der Waals surface area contributed by atoms with E-state index in [1.807, 2.05) is 19.1 Å². The summed E-state index contributed by atoms with van der Waals surface area (Å²) >= 11 is 0. The predicted octanol–water partition coefficient (Wildman–Crippen LogP) is 2.92. The molecule has 2 fully saturated rings. The van der Waals surface area contributed by atoms with Gasteiger partial charge >= 0.3 is 0 Å². The summed E-state index contributed by atoms with van der Waals surface area (Å²) in [6, 6.07) is 8.83. The van der Waals surface area contributed by atoms with Crippen LogP contribution in [0.5, 0.6) is 0 Å². The molecule has 3 heterocycles. The Labute approximate surface area is 158 Å². The fourth-order valence-electron chi connectivity index (χ4n) is 3.67. The maximum Gasteiger partial charge on any atom is 0.224 e. The molecule has 2 aromatic rings. The standard InChI is InChI=1S/C20H25FN4O2/c1-15-14-18(25-10-7-20(8-11-25)26-12-13-27-20)24-19(23-15)22-9-6-16-4-2-3-5-17(16)21/h2-5,14H,6-13H2,1H3,(H,22,23,24). The molecule has 4 rings (SSSR count). The second-order valence-electron chi connectivity index (χ2n) is 7.05. The Bertz CT molecular complexity index is 785. The van der Waals surface area contributed by atoms with Crippen molar-refractivity contribution in [3.8, 4) is 0 Å². The summed E-state index contributed by atoms with van der Waals surface area (Å²) in [6.45, 7) is 5.58. The molecule has 2 aliphatic heterocycles. The lowest BCUT2D eigenvalue weighted by atomic mass is 10.0. The number of rotatable bonds is 5. The lowest BCUT2D eigenvalue weighted by Crippen LogP contribution is -2.45. The number of aryl methyl sites for hydroxylation is 1. The summed E-state index contributed by atoms with van der Waals surface area (Å²) in [5, 5.41) is 3.22. The van der Waals surface area contributed by atoms with Gasteiger partial charge in [-0.3, -0.25) is 0 Å². The first-order chi connectivity index (χ1) is 13.1. The van der Waals surface area contributed by atoms with E-state index in [1.54, 1.807) is 12.1 Å². The van der Waals surface area contributed by atoms with Gasteiger partial charge < -0.3 is 19.7 Å². The van der Waals surface area contributed by atoms with E-state index in [9.17, 15) is 4.39 Å². The molecule has 1 aromatic heterocycles. The lowest BCUT2D eigenvalue weighted by Gasteiger charge is -2.38. The minimum absolute atomic E-state index is 0.177. The van der Waals surface area contributed by atoms with Crippen LogP contribution in [0.1, 0.15) is 24.1 Å². The molecule has 6 nitrogen and oxygen atoms in total. The topological polar surface area (TPSA) is 59.5 Å².